The summed E-state index contributed by atoms with van der Waals surface area (Å²) in [5.41, 5.74) is 1.54. The molecule has 0 saturated heterocycles. The second kappa shape index (κ2) is 6.49. The van der Waals surface area contributed by atoms with Gasteiger partial charge in [-0.05, 0) is 35.4 Å². The minimum absolute atomic E-state index is 0.462. The highest BCUT2D eigenvalue weighted by molar-refractivity contribution is 6.42. The lowest BCUT2D eigenvalue weighted by molar-refractivity contribution is -0.137. The summed E-state index contributed by atoms with van der Waals surface area (Å²) in [6, 6.07) is 10.2. The molecule has 0 radical (unpaired) electrons. The van der Waals surface area contributed by atoms with Crippen LogP contribution in [-0.2, 0) is 12.6 Å². The number of aromatic nitrogens is 2. The number of hydrogen-bond acceptors (Lipinski definition) is 1. The van der Waals surface area contributed by atoms with Crippen molar-refractivity contribution in [2.75, 3.05) is 0 Å². The molecule has 2 nitrogen and oxygen atoms in total. The molecule has 3 aromatic rings. The number of aromatic amines is 1. The second-order valence-electron chi connectivity index (χ2n) is 5.24. The van der Waals surface area contributed by atoms with Gasteiger partial charge in [-0.1, -0.05) is 41.4 Å². The molecule has 1 N–H and O–H groups in total. The van der Waals surface area contributed by atoms with Gasteiger partial charge in [0.1, 0.15) is 5.82 Å². The van der Waals surface area contributed by atoms with Crippen LogP contribution in [0, 0.1) is 0 Å². The van der Waals surface area contributed by atoms with Gasteiger partial charge in [0.05, 0.1) is 27.5 Å². The lowest BCUT2D eigenvalue weighted by Gasteiger charge is -2.06. The van der Waals surface area contributed by atoms with Crippen LogP contribution in [0.2, 0.25) is 10.0 Å². The Bertz CT molecular complexity index is 855. The van der Waals surface area contributed by atoms with Crippen molar-refractivity contribution in [2.45, 2.75) is 12.6 Å². The van der Waals surface area contributed by atoms with E-state index in [-0.39, 0.29) is 0 Å². The first-order chi connectivity index (χ1) is 11.3. The molecule has 2 aromatic carbocycles. The molecule has 3 rings (SSSR count). The topological polar surface area (TPSA) is 28.7 Å². The van der Waals surface area contributed by atoms with Crippen LogP contribution in [0.4, 0.5) is 13.2 Å². The van der Waals surface area contributed by atoms with E-state index in [1.165, 1.54) is 12.1 Å². The van der Waals surface area contributed by atoms with Crippen molar-refractivity contribution in [3.63, 3.8) is 0 Å². The van der Waals surface area contributed by atoms with Crippen molar-refractivity contribution in [3.05, 3.63) is 75.7 Å². The third-order valence-corrected chi connectivity index (χ3v) is 4.25. The molecule has 24 heavy (non-hydrogen) atoms. The van der Waals surface area contributed by atoms with Gasteiger partial charge in [0, 0.05) is 6.42 Å². The molecule has 0 fully saturated rings. The SMILES string of the molecule is FC(F)(F)c1ccc(-c2cnc(Cc3ccc(Cl)c(Cl)c3)[nH]2)cc1. The van der Waals surface area contributed by atoms with E-state index in [9.17, 15) is 13.2 Å². The maximum Gasteiger partial charge on any atom is 0.416 e. The third-order valence-electron chi connectivity index (χ3n) is 3.51. The van der Waals surface area contributed by atoms with Crippen molar-refractivity contribution in [3.8, 4) is 11.3 Å². The van der Waals surface area contributed by atoms with Gasteiger partial charge in [-0.2, -0.15) is 13.2 Å². The Morgan fingerprint density at radius 2 is 1.67 bits per heavy atom. The van der Waals surface area contributed by atoms with Gasteiger partial charge in [0.25, 0.3) is 0 Å². The summed E-state index contributed by atoms with van der Waals surface area (Å²) in [5.74, 6) is 0.684. The molecular formula is C17H11Cl2F3N2. The van der Waals surface area contributed by atoms with E-state index in [2.05, 4.69) is 9.97 Å². The Kier molecular flexibility index (Phi) is 4.56. The summed E-state index contributed by atoms with van der Waals surface area (Å²) in [7, 11) is 0. The van der Waals surface area contributed by atoms with E-state index in [1.807, 2.05) is 6.07 Å². The van der Waals surface area contributed by atoms with Crippen LogP contribution in [0.3, 0.4) is 0 Å². The van der Waals surface area contributed by atoms with Crippen LogP contribution in [-0.4, -0.2) is 9.97 Å². The van der Waals surface area contributed by atoms with E-state index in [0.717, 1.165) is 17.7 Å². The number of rotatable bonds is 3. The van der Waals surface area contributed by atoms with Crippen LogP contribution in [0.25, 0.3) is 11.3 Å². The van der Waals surface area contributed by atoms with Crippen molar-refractivity contribution < 1.29 is 13.2 Å². The van der Waals surface area contributed by atoms with Crippen LogP contribution in [0.15, 0.2) is 48.7 Å². The smallest absolute Gasteiger partial charge is 0.342 e. The first kappa shape index (κ1) is 16.9. The zero-order chi connectivity index (χ0) is 17.3. The van der Waals surface area contributed by atoms with Gasteiger partial charge in [-0.3, -0.25) is 0 Å². The average Bonchev–Trinajstić information content (AvgIpc) is 2.99. The molecule has 0 atom stereocenters. The van der Waals surface area contributed by atoms with Crippen LogP contribution >= 0.6 is 23.2 Å². The fraction of sp³-hybridized carbons (Fsp3) is 0.118. The molecule has 0 saturated carbocycles. The number of halogens is 5. The lowest BCUT2D eigenvalue weighted by atomic mass is 10.1. The number of nitrogens with one attached hydrogen (secondary N) is 1. The standard InChI is InChI=1S/C17H11Cl2F3N2/c18-13-6-1-10(7-14(13)19)8-16-23-9-15(24-16)11-2-4-12(5-3-11)17(20,21)22/h1-7,9H,8H2,(H,23,24). The summed E-state index contributed by atoms with van der Waals surface area (Å²) in [5, 5.41) is 0.939. The number of nitrogens with zero attached hydrogens (tertiary/aromatic N) is 1. The van der Waals surface area contributed by atoms with Gasteiger partial charge in [-0.15, -0.1) is 0 Å². The Hall–Kier alpha value is -1.98. The number of hydrogen-bond donors (Lipinski definition) is 1. The largest absolute Gasteiger partial charge is 0.416 e. The molecule has 124 valence electrons. The van der Waals surface area contributed by atoms with Gasteiger partial charge in [-0.25, -0.2) is 4.98 Å². The van der Waals surface area contributed by atoms with E-state index in [1.54, 1.807) is 18.3 Å². The Labute approximate surface area is 146 Å². The van der Waals surface area contributed by atoms with Gasteiger partial charge in [0.2, 0.25) is 0 Å². The van der Waals surface area contributed by atoms with Crippen molar-refractivity contribution in [2.24, 2.45) is 0 Å². The molecule has 1 aromatic heterocycles. The molecular weight excluding hydrogens is 360 g/mol. The van der Waals surface area contributed by atoms with Gasteiger partial charge < -0.3 is 4.98 Å². The zero-order valence-corrected chi connectivity index (χ0v) is 13.7. The lowest BCUT2D eigenvalue weighted by Crippen LogP contribution is -2.03. The molecule has 0 aliphatic carbocycles. The first-order valence-corrected chi connectivity index (χ1v) is 7.74. The average molecular weight is 371 g/mol. The van der Waals surface area contributed by atoms with E-state index in [4.69, 9.17) is 23.2 Å². The Balaban J connectivity index is 1.79. The number of imidazole rings is 1. The van der Waals surface area contributed by atoms with Crippen LogP contribution in [0.1, 0.15) is 17.0 Å². The predicted octanol–water partition coefficient (Wildman–Crippen LogP) is 5.99. The normalized spacial score (nSPS) is 11.7. The molecule has 1 heterocycles. The van der Waals surface area contributed by atoms with Crippen LogP contribution < -0.4 is 0 Å². The Morgan fingerprint density at radius 1 is 0.958 bits per heavy atom. The zero-order valence-electron chi connectivity index (χ0n) is 12.2. The number of alkyl halides is 3. The maximum atomic E-state index is 12.6. The van der Waals surface area contributed by atoms with E-state index >= 15 is 0 Å². The summed E-state index contributed by atoms with van der Waals surface area (Å²) < 4.78 is 37.8. The minimum Gasteiger partial charge on any atom is -0.342 e. The van der Waals surface area contributed by atoms with Gasteiger partial charge in [0.15, 0.2) is 0 Å². The summed E-state index contributed by atoms with van der Waals surface area (Å²) in [6.45, 7) is 0. The fourth-order valence-electron chi connectivity index (χ4n) is 2.28. The van der Waals surface area contributed by atoms with Crippen molar-refractivity contribution >= 4 is 23.2 Å². The number of H-pyrrole nitrogens is 1. The summed E-state index contributed by atoms with van der Waals surface area (Å²) in [6.07, 6.45) is -2.24. The summed E-state index contributed by atoms with van der Waals surface area (Å²) >= 11 is 11.9. The summed E-state index contributed by atoms with van der Waals surface area (Å²) in [4.78, 5) is 7.36. The molecule has 0 aliphatic heterocycles. The van der Waals surface area contributed by atoms with E-state index in [0.29, 0.717) is 33.5 Å². The molecule has 0 amide bonds. The highest BCUT2D eigenvalue weighted by Gasteiger charge is 2.30. The van der Waals surface area contributed by atoms with Crippen molar-refractivity contribution in [1.29, 1.82) is 0 Å². The molecule has 7 heteroatoms. The molecule has 0 bridgehead atoms. The quantitative estimate of drug-likeness (QED) is 0.602. The molecule has 0 spiro atoms. The minimum atomic E-state index is -4.34. The third kappa shape index (κ3) is 3.74. The maximum absolute atomic E-state index is 12.6. The van der Waals surface area contributed by atoms with Gasteiger partial charge >= 0.3 is 6.18 Å². The Morgan fingerprint density at radius 3 is 2.29 bits per heavy atom. The fourth-order valence-corrected chi connectivity index (χ4v) is 2.60. The monoisotopic (exact) mass is 370 g/mol. The van der Waals surface area contributed by atoms with E-state index < -0.39 is 11.7 Å². The second-order valence-corrected chi connectivity index (χ2v) is 6.06. The number of benzene rings is 2. The van der Waals surface area contributed by atoms with Crippen molar-refractivity contribution in [1.82, 2.24) is 9.97 Å². The predicted molar refractivity (Wildman–Crippen MR) is 88.3 cm³/mol. The highest BCUT2D eigenvalue weighted by atomic mass is 35.5. The molecule has 0 unspecified atom stereocenters. The highest BCUT2D eigenvalue weighted by Crippen LogP contribution is 2.30. The molecule has 0 aliphatic rings. The first-order valence-electron chi connectivity index (χ1n) is 6.98. The van der Waals surface area contributed by atoms with Crippen LogP contribution in [0.5, 0.6) is 0 Å².